The van der Waals surface area contributed by atoms with Crippen molar-refractivity contribution in [1.82, 2.24) is 5.32 Å². The van der Waals surface area contributed by atoms with Crippen molar-refractivity contribution in [3.8, 4) is 0 Å². The van der Waals surface area contributed by atoms with Gasteiger partial charge in [-0.05, 0) is 7.05 Å². The molecule has 1 nitrogen and oxygen atoms in total. The summed E-state index contributed by atoms with van der Waals surface area (Å²) in [5, 5.41) is 1.98. The highest BCUT2D eigenvalue weighted by atomic mass is 19.4. The second kappa shape index (κ2) is 5.88. The van der Waals surface area contributed by atoms with E-state index in [2.05, 4.69) is 0 Å². The van der Waals surface area contributed by atoms with Gasteiger partial charge in [0.15, 0.2) is 0 Å². The first-order valence-electron chi connectivity index (χ1n) is 2.77. The molecule has 0 aromatic rings. The summed E-state index contributed by atoms with van der Waals surface area (Å²) in [6.07, 6.45) is -4.06. The summed E-state index contributed by atoms with van der Waals surface area (Å²) in [7, 11) is 1.26. The smallest absolute Gasteiger partial charge is 0.312 e. The summed E-state index contributed by atoms with van der Waals surface area (Å²) >= 11 is 0. The van der Waals surface area contributed by atoms with Gasteiger partial charge in [-0.15, -0.1) is 0 Å². The van der Waals surface area contributed by atoms with E-state index in [9.17, 15) is 13.2 Å². The van der Waals surface area contributed by atoms with Gasteiger partial charge in [0.1, 0.15) is 0 Å². The van der Waals surface area contributed by atoms with Crippen LogP contribution >= 0.6 is 0 Å². The fraction of sp³-hybridized carbons (Fsp3) is 1.00. The maximum atomic E-state index is 11.0. The van der Waals surface area contributed by atoms with Gasteiger partial charge in [0.25, 0.3) is 0 Å². The Labute approximate surface area is 53.3 Å². The Morgan fingerprint density at radius 1 is 1.22 bits per heavy atom. The summed E-state index contributed by atoms with van der Waals surface area (Å²) in [4.78, 5) is 0. The molecule has 0 atom stereocenters. The highest BCUT2D eigenvalue weighted by molar-refractivity contribution is 4.49. The molecule has 1 N–H and O–H groups in total. The van der Waals surface area contributed by atoms with Crippen molar-refractivity contribution in [2.45, 2.75) is 20.0 Å². The minimum atomic E-state index is -4.06. The normalized spacial score (nSPS) is 10.0. The predicted octanol–water partition coefficient (Wildman–Crippen LogP) is 1.79. The number of halogens is 3. The molecule has 0 aliphatic carbocycles. The van der Waals surface area contributed by atoms with Gasteiger partial charge >= 0.3 is 6.18 Å². The third kappa shape index (κ3) is 18.2. The van der Waals surface area contributed by atoms with Crippen LogP contribution in [0, 0.1) is 0 Å². The standard InChI is InChI=1S/C3H6F3N.C2H6/c1-7-2-3(4,5)6;1-2/h7H,2H2,1H3;1-2H3. The van der Waals surface area contributed by atoms with Crippen molar-refractivity contribution >= 4 is 0 Å². The lowest BCUT2D eigenvalue weighted by atomic mass is 10.6. The van der Waals surface area contributed by atoms with Gasteiger partial charge in [-0.3, -0.25) is 0 Å². The summed E-state index contributed by atoms with van der Waals surface area (Å²) in [6.45, 7) is 3.09. The molecule has 0 saturated heterocycles. The molecule has 0 amide bonds. The molecule has 0 bridgehead atoms. The van der Waals surface area contributed by atoms with Gasteiger partial charge in [-0.25, -0.2) is 0 Å². The van der Waals surface area contributed by atoms with Crippen LogP contribution in [0.1, 0.15) is 13.8 Å². The van der Waals surface area contributed by atoms with Crippen LogP contribution in [0.2, 0.25) is 0 Å². The first kappa shape index (κ1) is 11.5. The molecule has 0 aromatic heterocycles. The zero-order valence-electron chi connectivity index (χ0n) is 5.84. The number of nitrogens with one attached hydrogen (secondary N) is 1. The zero-order valence-corrected chi connectivity index (χ0v) is 5.84. The molecule has 0 radical (unpaired) electrons. The molecule has 0 rings (SSSR count). The minimum Gasteiger partial charge on any atom is -0.312 e. The number of alkyl halides is 3. The fourth-order valence-electron chi connectivity index (χ4n) is 0.200. The Balaban J connectivity index is 0. The van der Waals surface area contributed by atoms with Crippen LogP contribution in [0.5, 0.6) is 0 Å². The topological polar surface area (TPSA) is 12.0 Å². The van der Waals surface area contributed by atoms with Crippen molar-refractivity contribution in [2.75, 3.05) is 13.6 Å². The lowest BCUT2D eigenvalue weighted by molar-refractivity contribution is -0.123. The summed E-state index contributed by atoms with van der Waals surface area (Å²) in [6, 6.07) is 0. The largest absolute Gasteiger partial charge is 0.401 e. The third-order valence-electron chi connectivity index (χ3n) is 0.377. The van der Waals surface area contributed by atoms with E-state index in [0.29, 0.717) is 0 Å². The highest BCUT2D eigenvalue weighted by Crippen LogP contribution is 2.11. The molecular formula is C5H12F3N. The molecule has 0 heterocycles. The second-order valence-electron chi connectivity index (χ2n) is 1.15. The Hall–Kier alpha value is -0.250. The number of rotatable bonds is 1. The third-order valence-corrected chi connectivity index (χ3v) is 0.377. The van der Waals surface area contributed by atoms with Crippen LogP contribution in [0.15, 0.2) is 0 Å². The van der Waals surface area contributed by atoms with Crippen molar-refractivity contribution in [2.24, 2.45) is 0 Å². The summed E-state index contributed by atoms with van der Waals surface area (Å²) < 4.78 is 33.0. The Morgan fingerprint density at radius 2 is 1.56 bits per heavy atom. The maximum Gasteiger partial charge on any atom is 0.401 e. The monoisotopic (exact) mass is 143 g/mol. The van der Waals surface area contributed by atoms with Crippen molar-refractivity contribution < 1.29 is 13.2 Å². The average Bonchev–Trinajstić information content (AvgIpc) is 1.69. The van der Waals surface area contributed by atoms with Gasteiger partial charge in [-0.2, -0.15) is 13.2 Å². The minimum absolute atomic E-state index is 0.910. The van der Waals surface area contributed by atoms with Crippen LogP contribution in [0.4, 0.5) is 13.2 Å². The summed E-state index contributed by atoms with van der Waals surface area (Å²) in [5.74, 6) is 0. The van der Waals surface area contributed by atoms with E-state index in [0.717, 1.165) is 0 Å². The SMILES string of the molecule is CC.CNCC(F)(F)F. The molecule has 0 unspecified atom stereocenters. The van der Waals surface area contributed by atoms with Crippen LogP contribution < -0.4 is 5.32 Å². The van der Waals surface area contributed by atoms with E-state index in [-0.39, 0.29) is 0 Å². The Bertz CT molecular complexity index is 50.7. The molecule has 0 saturated carbocycles. The molecule has 0 fully saturated rings. The van der Waals surface area contributed by atoms with Crippen LogP contribution in [-0.4, -0.2) is 19.8 Å². The molecule has 4 heteroatoms. The number of hydrogen-bond donors (Lipinski definition) is 1. The van der Waals surface area contributed by atoms with Crippen molar-refractivity contribution in [3.05, 3.63) is 0 Å². The second-order valence-corrected chi connectivity index (χ2v) is 1.15. The molecule has 0 aliphatic heterocycles. The first-order chi connectivity index (χ1) is 4.06. The molecule has 9 heavy (non-hydrogen) atoms. The summed E-state index contributed by atoms with van der Waals surface area (Å²) in [5.41, 5.74) is 0. The van der Waals surface area contributed by atoms with Gasteiger partial charge in [0.05, 0.1) is 6.54 Å². The van der Waals surface area contributed by atoms with E-state index < -0.39 is 12.7 Å². The van der Waals surface area contributed by atoms with Crippen LogP contribution in [-0.2, 0) is 0 Å². The van der Waals surface area contributed by atoms with Crippen LogP contribution in [0.25, 0.3) is 0 Å². The average molecular weight is 143 g/mol. The van der Waals surface area contributed by atoms with Gasteiger partial charge in [0, 0.05) is 0 Å². The molecule has 58 valence electrons. The highest BCUT2D eigenvalue weighted by Gasteiger charge is 2.24. The quantitative estimate of drug-likeness (QED) is 0.590. The van der Waals surface area contributed by atoms with Gasteiger partial charge < -0.3 is 5.32 Å². The first-order valence-corrected chi connectivity index (χ1v) is 2.77. The van der Waals surface area contributed by atoms with Crippen molar-refractivity contribution in [1.29, 1.82) is 0 Å². The van der Waals surface area contributed by atoms with E-state index in [1.807, 2.05) is 19.2 Å². The molecule has 0 spiro atoms. The van der Waals surface area contributed by atoms with E-state index >= 15 is 0 Å². The lowest BCUT2D eigenvalue weighted by Crippen LogP contribution is -2.25. The molecular weight excluding hydrogens is 131 g/mol. The number of hydrogen-bond acceptors (Lipinski definition) is 1. The maximum absolute atomic E-state index is 11.0. The molecule has 0 aromatic carbocycles. The van der Waals surface area contributed by atoms with Crippen molar-refractivity contribution in [3.63, 3.8) is 0 Å². The Morgan fingerprint density at radius 3 is 1.56 bits per heavy atom. The van der Waals surface area contributed by atoms with Gasteiger partial charge in [0.2, 0.25) is 0 Å². The van der Waals surface area contributed by atoms with Gasteiger partial charge in [-0.1, -0.05) is 13.8 Å². The molecule has 0 aliphatic rings. The van der Waals surface area contributed by atoms with E-state index in [4.69, 9.17) is 0 Å². The predicted molar refractivity (Wildman–Crippen MR) is 31.3 cm³/mol. The van der Waals surface area contributed by atoms with Crippen LogP contribution in [0.3, 0.4) is 0 Å². The lowest BCUT2D eigenvalue weighted by Gasteiger charge is -2.01. The van der Waals surface area contributed by atoms with E-state index in [1.54, 1.807) is 0 Å². The zero-order chi connectivity index (χ0) is 7.91. The fourth-order valence-corrected chi connectivity index (χ4v) is 0.200. The Kier molecular flexibility index (Phi) is 7.53. The van der Waals surface area contributed by atoms with E-state index in [1.165, 1.54) is 7.05 Å².